The van der Waals surface area contributed by atoms with Crippen LogP contribution in [0.3, 0.4) is 0 Å². The fourth-order valence-electron chi connectivity index (χ4n) is 3.08. The number of aromatic nitrogens is 3. The first-order valence-electron chi connectivity index (χ1n) is 9.34. The van der Waals surface area contributed by atoms with Gasteiger partial charge in [0.2, 0.25) is 0 Å². The Kier molecular flexibility index (Phi) is 5.63. The zero-order chi connectivity index (χ0) is 19.2. The Bertz CT molecular complexity index is 904. The molecule has 1 unspecified atom stereocenters. The van der Waals surface area contributed by atoms with Crippen molar-refractivity contribution in [2.24, 2.45) is 0 Å². The van der Waals surface area contributed by atoms with Crippen molar-refractivity contribution in [1.82, 2.24) is 20.1 Å². The van der Waals surface area contributed by atoms with E-state index in [9.17, 15) is 4.79 Å². The summed E-state index contributed by atoms with van der Waals surface area (Å²) in [6, 6.07) is 15.0. The molecule has 0 saturated carbocycles. The summed E-state index contributed by atoms with van der Waals surface area (Å²) in [5, 5.41) is 7.03. The maximum Gasteiger partial charge on any atom is 0.251 e. The molecule has 2 heterocycles. The number of nitrogens with zero attached hydrogens (tertiary/aromatic N) is 3. The van der Waals surface area contributed by atoms with Crippen LogP contribution in [0.25, 0.3) is 5.69 Å². The van der Waals surface area contributed by atoms with Gasteiger partial charge >= 0.3 is 0 Å². The molecule has 3 aromatic rings. The quantitative estimate of drug-likeness (QED) is 0.684. The molecule has 1 aliphatic rings. The first-order chi connectivity index (χ1) is 13.8. The molecule has 1 saturated heterocycles. The normalized spacial score (nSPS) is 16.1. The van der Waals surface area contributed by atoms with E-state index < -0.39 is 0 Å². The molecular weight excluding hydrogens is 356 g/mol. The number of amides is 1. The highest BCUT2D eigenvalue weighted by Gasteiger charge is 2.16. The molecular formula is C21H22N4O3. The van der Waals surface area contributed by atoms with Gasteiger partial charge < -0.3 is 14.8 Å². The molecule has 1 aliphatic heterocycles. The summed E-state index contributed by atoms with van der Waals surface area (Å²) >= 11 is 0. The molecule has 1 amide bonds. The van der Waals surface area contributed by atoms with Crippen molar-refractivity contribution >= 4 is 5.91 Å². The largest absolute Gasteiger partial charge is 0.491 e. The fourth-order valence-corrected chi connectivity index (χ4v) is 3.08. The fraction of sp³-hybridized carbons (Fsp3) is 0.286. The minimum Gasteiger partial charge on any atom is -0.491 e. The second-order valence-corrected chi connectivity index (χ2v) is 6.66. The van der Waals surface area contributed by atoms with Gasteiger partial charge in [-0.25, -0.2) is 9.67 Å². The van der Waals surface area contributed by atoms with Gasteiger partial charge in [-0.15, -0.1) is 0 Å². The van der Waals surface area contributed by atoms with E-state index in [0.29, 0.717) is 24.5 Å². The van der Waals surface area contributed by atoms with Crippen LogP contribution in [0.1, 0.15) is 28.8 Å². The molecule has 1 atom stereocenters. The summed E-state index contributed by atoms with van der Waals surface area (Å²) in [5.74, 6) is 0.545. The van der Waals surface area contributed by atoms with Crippen LogP contribution in [0.15, 0.2) is 61.2 Å². The van der Waals surface area contributed by atoms with E-state index >= 15 is 0 Å². The zero-order valence-corrected chi connectivity index (χ0v) is 15.5. The van der Waals surface area contributed by atoms with Crippen molar-refractivity contribution in [2.75, 3.05) is 13.2 Å². The number of benzene rings is 2. The summed E-state index contributed by atoms with van der Waals surface area (Å²) < 4.78 is 13.0. The van der Waals surface area contributed by atoms with E-state index in [0.717, 1.165) is 30.7 Å². The van der Waals surface area contributed by atoms with Gasteiger partial charge in [-0.2, -0.15) is 5.10 Å². The highest BCUT2D eigenvalue weighted by molar-refractivity contribution is 5.94. The number of carbonyl (C=O) groups is 1. The van der Waals surface area contributed by atoms with Gasteiger partial charge in [0.25, 0.3) is 5.91 Å². The number of nitrogens with one attached hydrogen (secondary N) is 1. The predicted molar refractivity (Wildman–Crippen MR) is 103 cm³/mol. The van der Waals surface area contributed by atoms with Gasteiger partial charge in [-0.05, 0) is 48.7 Å². The topological polar surface area (TPSA) is 78.3 Å². The number of carbonyl (C=O) groups excluding carboxylic acids is 1. The summed E-state index contributed by atoms with van der Waals surface area (Å²) in [7, 11) is 0. The van der Waals surface area contributed by atoms with Gasteiger partial charge in [0.05, 0.1) is 11.8 Å². The Hall–Kier alpha value is -3.19. The third-order valence-electron chi connectivity index (χ3n) is 4.63. The Balaban J connectivity index is 1.31. The lowest BCUT2D eigenvalue weighted by atomic mass is 10.1. The third kappa shape index (κ3) is 4.55. The second kappa shape index (κ2) is 8.67. The molecule has 0 radical (unpaired) electrons. The minimum absolute atomic E-state index is 0.136. The van der Waals surface area contributed by atoms with E-state index in [1.165, 1.54) is 6.33 Å². The molecule has 2 aromatic carbocycles. The molecule has 1 N–H and O–H groups in total. The highest BCUT2D eigenvalue weighted by Crippen LogP contribution is 2.17. The van der Waals surface area contributed by atoms with Crippen LogP contribution in [-0.2, 0) is 11.3 Å². The number of hydrogen-bond donors (Lipinski definition) is 1. The van der Waals surface area contributed by atoms with E-state index in [-0.39, 0.29) is 12.0 Å². The van der Waals surface area contributed by atoms with Crippen molar-refractivity contribution in [3.63, 3.8) is 0 Å². The van der Waals surface area contributed by atoms with Gasteiger partial charge in [0.15, 0.2) is 0 Å². The van der Waals surface area contributed by atoms with Gasteiger partial charge in [0, 0.05) is 18.7 Å². The number of rotatable bonds is 7. The van der Waals surface area contributed by atoms with Crippen molar-refractivity contribution < 1.29 is 14.3 Å². The van der Waals surface area contributed by atoms with E-state index in [1.807, 2.05) is 36.4 Å². The van der Waals surface area contributed by atoms with Gasteiger partial charge in [-0.3, -0.25) is 4.79 Å². The lowest BCUT2D eigenvalue weighted by molar-refractivity contribution is 0.0679. The first-order valence-corrected chi connectivity index (χ1v) is 9.34. The predicted octanol–water partition coefficient (Wildman–Crippen LogP) is 2.76. The van der Waals surface area contributed by atoms with E-state index in [1.54, 1.807) is 23.1 Å². The Labute approximate surface area is 163 Å². The van der Waals surface area contributed by atoms with Crippen molar-refractivity contribution in [1.29, 1.82) is 0 Å². The van der Waals surface area contributed by atoms with Crippen LogP contribution in [-0.4, -0.2) is 40.0 Å². The van der Waals surface area contributed by atoms with Crippen LogP contribution in [0, 0.1) is 0 Å². The Morgan fingerprint density at radius 3 is 2.89 bits per heavy atom. The van der Waals surface area contributed by atoms with Crippen LogP contribution < -0.4 is 10.1 Å². The molecule has 1 aromatic heterocycles. The van der Waals surface area contributed by atoms with Crippen molar-refractivity contribution in [2.45, 2.75) is 25.5 Å². The molecule has 4 rings (SSSR count). The molecule has 0 aliphatic carbocycles. The van der Waals surface area contributed by atoms with E-state index in [2.05, 4.69) is 15.4 Å². The average molecular weight is 378 g/mol. The van der Waals surface area contributed by atoms with Gasteiger partial charge in [0.1, 0.15) is 25.0 Å². The smallest absolute Gasteiger partial charge is 0.251 e. The van der Waals surface area contributed by atoms with Crippen molar-refractivity contribution in [3.05, 3.63) is 72.3 Å². The van der Waals surface area contributed by atoms with Crippen LogP contribution in [0.5, 0.6) is 5.75 Å². The van der Waals surface area contributed by atoms with E-state index in [4.69, 9.17) is 9.47 Å². The number of hydrogen-bond acceptors (Lipinski definition) is 5. The summed E-state index contributed by atoms with van der Waals surface area (Å²) in [5.41, 5.74) is 2.50. The van der Waals surface area contributed by atoms with Crippen LogP contribution >= 0.6 is 0 Å². The van der Waals surface area contributed by atoms with Gasteiger partial charge in [-0.1, -0.05) is 18.2 Å². The summed E-state index contributed by atoms with van der Waals surface area (Å²) in [6.07, 6.45) is 5.39. The lowest BCUT2D eigenvalue weighted by Crippen LogP contribution is -2.23. The maximum atomic E-state index is 12.5. The summed E-state index contributed by atoms with van der Waals surface area (Å²) in [6.45, 7) is 1.76. The summed E-state index contributed by atoms with van der Waals surface area (Å²) in [4.78, 5) is 16.4. The van der Waals surface area contributed by atoms with Crippen LogP contribution in [0.4, 0.5) is 0 Å². The number of ether oxygens (including phenoxy) is 2. The second-order valence-electron chi connectivity index (χ2n) is 6.66. The maximum absolute atomic E-state index is 12.5. The molecule has 7 nitrogen and oxygen atoms in total. The zero-order valence-electron chi connectivity index (χ0n) is 15.5. The SMILES string of the molecule is O=C(NCc1ccc(-n2cncn2)cc1)c1cccc(OCC2CCCO2)c1. The molecule has 144 valence electrons. The minimum atomic E-state index is -0.136. The molecule has 7 heteroatoms. The lowest BCUT2D eigenvalue weighted by Gasteiger charge is -2.12. The molecule has 28 heavy (non-hydrogen) atoms. The average Bonchev–Trinajstić information content (AvgIpc) is 3.45. The molecule has 1 fully saturated rings. The molecule has 0 bridgehead atoms. The first kappa shape index (κ1) is 18.2. The Morgan fingerprint density at radius 1 is 1.25 bits per heavy atom. The molecule has 0 spiro atoms. The monoisotopic (exact) mass is 378 g/mol. The third-order valence-corrected chi connectivity index (χ3v) is 4.63. The highest BCUT2D eigenvalue weighted by atomic mass is 16.5. The Morgan fingerprint density at radius 2 is 2.14 bits per heavy atom. The standard InChI is InChI=1S/C21H22N4O3/c26-21(17-3-1-4-19(11-17)28-13-20-5-2-10-27-20)23-12-16-6-8-18(9-7-16)25-15-22-14-24-25/h1,3-4,6-9,11,14-15,20H,2,5,10,12-13H2,(H,23,26). The van der Waals surface area contributed by atoms with Crippen LogP contribution in [0.2, 0.25) is 0 Å². The van der Waals surface area contributed by atoms with Crippen molar-refractivity contribution in [3.8, 4) is 11.4 Å².